The van der Waals surface area contributed by atoms with Crippen molar-refractivity contribution < 1.29 is 14.3 Å². The Morgan fingerprint density at radius 1 is 1.07 bits per heavy atom. The maximum absolute atomic E-state index is 12.6. The van der Waals surface area contributed by atoms with Crippen LogP contribution in [0.1, 0.15) is 42.9 Å². The Morgan fingerprint density at radius 2 is 1.86 bits per heavy atom. The van der Waals surface area contributed by atoms with Crippen LogP contribution in [0.4, 0.5) is 0 Å². The second-order valence-corrected chi connectivity index (χ2v) is 7.72. The summed E-state index contributed by atoms with van der Waals surface area (Å²) in [7, 11) is 3.22. The molecule has 0 radical (unpaired) electrons. The number of likely N-dealkylation sites (tertiary alicyclic amines) is 1. The van der Waals surface area contributed by atoms with Gasteiger partial charge in [0.2, 0.25) is 5.91 Å². The summed E-state index contributed by atoms with van der Waals surface area (Å²) >= 11 is 0. The Hall–Kier alpha value is -2.53. The number of nitrogens with one attached hydrogen (secondary N) is 1. The molecule has 0 spiro atoms. The van der Waals surface area contributed by atoms with Crippen LogP contribution < -0.4 is 14.8 Å². The number of methoxy groups -OCH3 is 2. The van der Waals surface area contributed by atoms with E-state index in [4.69, 9.17) is 9.47 Å². The number of rotatable bonds is 8. The van der Waals surface area contributed by atoms with Crippen LogP contribution >= 0.6 is 0 Å². The first kappa shape index (κ1) is 21.2. The van der Waals surface area contributed by atoms with E-state index in [-0.39, 0.29) is 12.3 Å². The highest BCUT2D eigenvalue weighted by atomic mass is 16.5. The van der Waals surface area contributed by atoms with E-state index in [1.165, 1.54) is 30.4 Å². The summed E-state index contributed by atoms with van der Waals surface area (Å²) in [6.07, 6.45) is 4.14. The van der Waals surface area contributed by atoms with E-state index < -0.39 is 0 Å². The summed E-state index contributed by atoms with van der Waals surface area (Å²) in [4.78, 5) is 15.1. The lowest BCUT2D eigenvalue weighted by Crippen LogP contribution is -2.37. The number of hydrogen-bond donors (Lipinski definition) is 1. The van der Waals surface area contributed by atoms with Crippen LogP contribution in [-0.4, -0.2) is 37.6 Å². The fraction of sp³-hybridized carbons (Fsp3) is 0.458. The fourth-order valence-corrected chi connectivity index (χ4v) is 3.92. The summed E-state index contributed by atoms with van der Waals surface area (Å²) in [6, 6.07) is 14.6. The average Bonchev–Trinajstić information content (AvgIpc) is 2.75. The molecule has 0 aromatic heterocycles. The smallest absolute Gasteiger partial charge is 0.224 e. The van der Waals surface area contributed by atoms with Gasteiger partial charge in [-0.2, -0.15) is 0 Å². The van der Waals surface area contributed by atoms with Gasteiger partial charge in [0, 0.05) is 30.8 Å². The number of carbonyl (C=O) groups is 1. The van der Waals surface area contributed by atoms with E-state index >= 15 is 0 Å². The molecule has 5 nitrogen and oxygen atoms in total. The standard InChI is InChI=1S/C24H32N2O3/c1-18-8-6-7-13-26(18)17-21-10-5-4-9-20(21)16-25-24(27)14-19-11-12-22(28-2)15-23(19)29-3/h4-5,9-12,15,18H,6-8,13-14,16-17H2,1-3H3,(H,25,27). The molecule has 0 bridgehead atoms. The minimum atomic E-state index is -0.0189. The Bertz CT molecular complexity index is 822. The lowest BCUT2D eigenvalue weighted by atomic mass is 10.0. The van der Waals surface area contributed by atoms with Gasteiger partial charge in [-0.3, -0.25) is 9.69 Å². The normalized spacial score (nSPS) is 17.0. The topological polar surface area (TPSA) is 50.8 Å². The second kappa shape index (κ2) is 10.3. The number of benzene rings is 2. The Labute approximate surface area is 174 Å². The van der Waals surface area contributed by atoms with Crippen molar-refractivity contribution >= 4 is 5.91 Å². The van der Waals surface area contributed by atoms with E-state index in [0.29, 0.717) is 24.1 Å². The van der Waals surface area contributed by atoms with Gasteiger partial charge < -0.3 is 14.8 Å². The van der Waals surface area contributed by atoms with Crippen molar-refractivity contribution in [2.45, 2.75) is 51.7 Å². The van der Waals surface area contributed by atoms with E-state index in [1.807, 2.05) is 18.2 Å². The van der Waals surface area contributed by atoms with Crippen LogP contribution in [0.25, 0.3) is 0 Å². The first-order chi connectivity index (χ1) is 14.1. The molecule has 1 aliphatic rings. The summed E-state index contributed by atoms with van der Waals surface area (Å²) in [6.45, 7) is 4.94. The van der Waals surface area contributed by atoms with Crippen LogP contribution in [0, 0.1) is 0 Å². The van der Waals surface area contributed by atoms with Gasteiger partial charge in [0.05, 0.1) is 20.6 Å². The zero-order chi connectivity index (χ0) is 20.6. The number of amides is 1. The third-order valence-corrected chi connectivity index (χ3v) is 5.75. The van der Waals surface area contributed by atoms with Crippen LogP contribution in [0.5, 0.6) is 11.5 Å². The van der Waals surface area contributed by atoms with E-state index in [0.717, 1.165) is 18.7 Å². The molecule has 1 atom stereocenters. The number of piperidine rings is 1. The molecule has 0 aliphatic carbocycles. The second-order valence-electron chi connectivity index (χ2n) is 7.72. The van der Waals surface area contributed by atoms with Crippen LogP contribution in [0.15, 0.2) is 42.5 Å². The summed E-state index contributed by atoms with van der Waals surface area (Å²) < 4.78 is 10.6. The van der Waals surface area contributed by atoms with Crippen molar-refractivity contribution in [2.24, 2.45) is 0 Å². The van der Waals surface area contributed by atoms with Gasteiger partial charge in [0.1, 0.15) is 11.5 Å². The van der Waals surface area contributed by atoms with Crippen LogP contribution in [0.2, 0.25) is 0 Å². The third-order valence-electron chi connectivity index (χ3n) is 5.75. The molecule has 0 saturated carbocycles. The van der Waals surface area contributed by atoms with Crippen molar-refractivity contribution in [3.63, 3.8) is 0 Å². The summed E-state index contributed by atoms with van der Waals surface area (Å²) in [5.41, 5.74) is 3.32. The summed E-state index contributed by atoms with van der Waals surface area (Å²) in [5.74, 6) is 1.36. The van der Waals surface area contributed by atoms with Gasteiger partial charge in [0.25, 0.3) is 0 Å². The number of carbonyl (C=O) groups excluding carboxylic acids is 1. The SMILES string of the molecule is COc1ccc(CC(=O)NCc2ccccc2CN2CCCCC2C)c(OC)c1. The predicted molar refractivity (Wildman–Crippen MR) is 115 cm³/mol. The summed E-state index contributed by atoms with van der Waals surface area (Å²) in [5, 5.41) is 3.07. The number of hydrogen-bond acceptors (Lipinski definition) is 4. The molecule has 1 amide bonds. The Balaban J connectivity index is 1.61. The predicted octanol–water partition coefficient (Wildman–Crippen LogP) is 3.94. The number of nitrogens with zero attached hydrogens (tertiary/aromatic N) is 1. The minimum Gasteiger partial charge on any atom is -0.497 e. The Morgan fingerprint density at radius 3 is 2.59 bits per heavy atom. The highest BCUT2D eigenvalue weighted by molar-refractivity contribution is 5.79. The van der Waals surface area contributed by atoms with Crippen molar-refractivity contribution in [3.05, 3.63) is 59.2 Å². The van der Waals surface area contributed by atoms with Gasteiger partial charge in [-0.15, -0.1) is 0 Å². The van der Waals surface area contributed by atoms with Gasteiger partial charge >= 0.3 is 0 Å². The van der Waals surface area contributed by atoms with Gasteiger partial charge in [-0.05, 0) is 43.5 Å². The molecule has 3 rings (SSSR count). The van der Waals surface area contributed by atoms with E-state index in [1.54, 1.807) is 20.3 Å². The zero-order valence-corrected chi connectivity index (χ0v) is 17.7. The van der Waals surface area contributed by atoms with Crippen molar-refractivity contribution in [3.8, 4) is 11.5 Å². The Kier molecular flexibility index (Phi) is 7.53. The first-order valence-corrected chi connectivity index (χ1v) is 10.4. The molecule has 5 heteroatoms. The molecule has 1 saturated heterocycles. The average molecular weight is 397 g/mol. The lowest BCUT2D eigenvalue weighted by molar-refractivity contribution is -0.120. The molecule has 29 heavy (non-hydrogen) atoms. The molecule has 156 valence electrons. The number of ether oxygens (including phenoxy) is 2. The van der Waals surface area contributed by atoms with Crippen molar-refractivity contribution in [1.82, 2.24) is 10.2 Å². The van der Waals surface area contributed by atoms with Crippen molar-refractivity contribution in [1.29, 1.82) is 0 Å². The molecule has 1 fully saturated rings. The molecule has 1 heterocycles. The van der Waals surface area contributed by atoms with Crippen LogP contribution in [0.3, 0.4) is 0 Å². The maximum Gasteiger partial charge on any atom is 0.224 e. The van der Waals surface area contributed by atoms with Gasteiger partial charge in [-0.25, -0.2) is 0 Å². The van der Waals surface area contributed by atoms with Gasteiger partial charge in [0.15, 0.2) is 0 Å². The molecule has 1 aliphatic heterocycles. The molecule has 2 aromatic carbocycles. The minimum absolute atomic E-state index is 0.0189. The lowest BCUT2D eigenvalue weighted by Gasteiger charge is -2.33. The highest BCUT2D eigenvalue weighted by Gasteiger charge is 2.19. The molecular formula is C24H32N2O3. The van der Waals surface area contributed by atoms with Crippen LogP contribution in [-0.2, 0) is 24.3 Å². The van der Waals surface area contributed by atoms with E-state index in [2.05, 4.69) is 35.3 Å². The molecule has 1 N–H and O–H groups in total. The highest BCUT2D eigenvalue weighted by Crippen LogP contribution is 2.25. The molecular weight excluding hydrogens is 364 g/mol. The molecule has 1 unspecified atom stereocenters. The van der Waals surface area contributed by atoms with Crippen molar-refractivity contribution in [2.75, 3.05) is 20.8 Å². The van der Waals surface area contributed by atoms with Gasteiger partial charge in [-0.1, -0.05) is 36.8 Å². The quantitative estimate of drug-likeness (QED) is 0.734. The maximum atomic E-state index is 12.6. The third kappa shape index (κ3) is 5.73. The first-order valence-electron chi connectivity index (χ1n) is 10.4. The fourth-order valence-electron chi connectivity index (χ4n) is 3.92. The zero-order valence-electron chi connectivity index (χ0n) is 17.7. The monoisotopic (exact) mass is 396 g/mol. The largest absolute Gasteiger partial charge is 0.497 e. The van der Waals surface area contributed by atoms with E-state index in [9.17, 15) is 4.79 Å². The molecule has 2 aromatic rings.